The SMILES string of the molecule is Cl.Cl.NC[C@H]1CC[C@@H](C(=O)NC(Cc2ccccc2)CN2CCOCC2)O1. The van der Waals surface area contributed by atoms with E-state index in [-0.39, 0.29) is 49.0 Å². The van der Waals surface area contributed by atoms with E-state index in [1.807, 2.05) is 18.2 Å². The molecule has 0 aromatic heterocycles. The van der Waals surface area contributed by atoms with Crippen LogP contribution in [0.1, 0.15) is 18.4 Å². The Hall–Kier alpha value is -0.890. The highest BCUT2D eigenvalue weighted by molar-refractivity contribution is 5.85. The lowest BCUT2D eigenvalue weighted by molar-refractivity contribution is -0.132. The Morgan fingerprint density at radius 3 is 2.52 bits per heavy atom. The molecule has 2 saturated heterocycles. The molecule has 1 amide bonds. The molecule has 2 heterocycles. The zero-order chi connectivity index (χ0) is 17.5. The molecule has 1 aromatic rings. The second kappa shape index (κ2) is 12.5. The topological polar surface area (TPSA) is 76.8 Å². The quantitative estimate of drug-likeness (QED) is 0.698. The monoisotopic (exact) mass is 419 g/mol. The maximum Gasteiger partial charge on any atom is 0.249 e. The van der Waals surface area contributed by atoms with Crippen molar-refractivity contribution >= 4 is 30.7 Å². The fraction of sp³-hybridized carbons (Fsp3) is 0.632. The van der Waals surface area contributed by atoms with Crippen molar-refractivity contribution in [1.82, 2.24) is 10.2 Å². The minimum Gasteiger partial charge on any atom is -0.379 e. The molecule has 0 radical (unpaired) electrons. The van der Waals surface area contributed by atoms with E-state index in [2.05, 4.69) is 22.3 Å². The highest BCUT2D eigenvalue weighted by atomic mass is 35.5. The van der Waals surface area contributed by atoms with Crippen LogP contribution in [0.5, 0.6) is 0 Å². The van der Waals surface area contributed by atoms with Gasteiger partial charge in [-0.2, -0.15) is 0 Å². The number of rotatable bonds is 7. The van der Waals surface area contributed by atoms with Crippen LogP contribution in [0.3, 0.4) is 0 Å². The van der Waals surface area contributed by atoms with E-state index < -0.39 is 0 Å². The molecule has 0 bridgehead atoms. The lowest BCUT2D eigenvalue weighted by Gasteiger charge is -2.31. The van der Waals surface area contributed by atoms with E-state index >= 15 is 0 Å². The fourth-order valence-electron chi connectivity index (χ4n) is 3.52. The van der Waals surface area contributed by atoms with Crippen LogP contribution in [-0.2, 0) is 20.7 Å². The third-order valence-corrected chi connectivity index (χ3v) is 4.92. The predicted molar refractivity (Wildman–Crippen MR) is 111 cm³/mol. The van der Waals surface area contributed by atoms with Gasteiger partial charge in [0.2, 0.25) is 5.91 Å². The normalized spacial score (nSPS) is 23.7. The standard InChI is InChI=1S/C19H29N3O3.2ClH/c20-13-17-6-7-18(25-17)19(23)21-16(12-15-4-2-1-3-5-15)14-22-8-10-24-11-9-22;;/h1-5,16-18H,6-14,20H2,(H,21,23);2*1H/t16?,17-,18+;;/m1../s1. The van der Waals surface area contributed by atoms with Crippen LogP contribution >= 0.6 is 24.8 Å². The number of carbonyl (C=O) groups excluding carboxylic acids is 1. The number of morpholine rings is 1. The van der Waals surface area contributed by atoms with Gasteiger partial charge in [-0.3, -0.25) is 9.69 Å². The first kappa shape index (κ1) is 24.1. The number of halogens is 2. The summed E-state index contributed by atoms with van der Waals surface area (Å²) in [5.74, 6) is -0.00913. The minimum atomic E-state index is -0.364. The number of benzene rings is 1. The second-order valence-electron chi connectivity index (χ2n) is 6.87. The van der Waals surface area contributed by atoms with Gasteiger partial charge in [-0.25, -0.2) is 0 Å². The summed E-state index contributed by atoms with van der Waals surface area (Å²) in [4.78, 5) is 15.0. The van der Waals surface area contributed by atoms with Crippen molar-refractivity contribution in [2.45, 2.75) is 37.5 Å². The van der Waals surface area contributed by atoms with Crippen molar-refractivity contribution < 1.29 is 14.3 Å². The van der Waals surface area contributed by atoms with E-state index in [9.17, 15) is 4.79 Å². The summed E-state index contributed by atoms with van der Waals surface area (Å²) in [5, 5.41) is 3.21. The molecule has 2 aliphatic rings. The largest absolute Gasteiger partial charge is 0.379 e. The van der Waals surface area contributed by atoms with Gasteiger partial charge in [0.25, 0.3) is 0 Å². The minimum absolute atomic E-state index is 0. The zero-order valence-electron chi connectivity index (χ0n) is 15.5. The average Bonchev–Trinajstić information content (AvgIpc) is 3.13. The number of hydrogen-bond donors (Lipinski definition) is 2. The summed E-state index contributed by atoms with van der Waals surface area (Å²) in [5.41, 5.74) is 6.88. The molecule has 6 nitrogen and oxygen atoms in total. The van der Waals surface area contributed by atoms with E-state index in [0.29, 0.717) is 6.54 Å². The molecule has 3 N–H and O–H groups in total. The predicted octanol–water partition coefficient (Wildman–Crippen LogP) is 1.40. The van der Waals surface area contributed by atoms with Crippen molar-refractivity contribution in [2.24, 2.45) is 5.73 Å². The van der Waals surface area contributed by atoms with E-state index in [1.165, 1.54) is 5.56 Å². The first-order valence-electron chi connectivity index (χ1n) is 9.24. The summed E-state index contributed by atoms with van der Waals surface area (Å²) < 4.78 is 11.2. The van der Waals surface area contributed by atoms with Crippen molar-refractivity contribution in [3.05, 3.63) is 35.9 Å². The van der Waals surface area contributed by atoms with Crippen LogP contribution in [0.2, 0.25) is 0 Å². The molecule has 8 heteroatoms. The number of ether oxygens (including phenoxy) is 2. The van der Waals surface area contributed by atoms with Gasteiger partial charge in [0, 0.05) is 32.2 Å². The molecule has 27 heavy (non-hydrogen) atoms. The molecule has 0 aliphatic carbocycles. The Balaban J connectivity index is 0.00000182. The molecule has 1 unspecified atom stereocenters. The molecule has 2 fully saturated rings. The van der Waals surface area contributed by atoms with Crippen molar-refractivity contribution in [3.8, 4) is 0 Å². The molecule has 3 rings (SSSR count). The van der Waals surface area contributed by atoms with Crippen molar-refractivity contribution in [3.63, 3.8) is 0 Å². The second-order valence-corrected chi connectivity index (χ2v) is 6.87. The van der Waals surface area contributed by atoms with E-state index in [4.69, 9.17) is 15.2 Å². The average molecular weight is 420 g/mol. The summed E-state index contributed by atoms with van der Waals surface area (Å²) in [7, 11) is 0. The Morgan fingerprint density at radius 1 is 1.19 bits per heavy atom. The molecule has 0 spiro atoms. The van der Waals surface area contributed by atoms with Gasteiger partial charge >= 0.3 is 0 Å². The maximum atomic E-state index is 12.6. The fourth-order valence-corrected chi connectivity index (χ4v) is 3.52. The number of carbonyl (C=O) groups is 1. The maximum absolute atomic E-state index is 12.6. The first-order valence-corrected chi connectivity index (χ1v) is 9.24. The van der Waals surface area contributed by atoms with Gasteiger partial charge in [0.05, 0.1) is 19.3 Å². The number of amides is 1. The Labute approximate surface area is 174 Å². The Morgan fingerprint density at radius 2 is 1.89 bits per heavy atom. The van der Waals surface area contributed by atoms with E-state index in [1.54, 1.807) is 0 Å². The summed E-state index contributed by atoms with van der Waals surface area (Å²) in [6.45, 7) is 4.65. The molecule has 1 aromatic carbocycles. The number of nitrogens with two attached hydrogens (primary N) is 1. The van der Waals surface area contributed by atoms with Gasteiger partial charge < -0.3 is 20.5 Å². The Bertz CT molecular complexity index is 544. The third-order valence-electron chi connectivity index (χ3n) is 4.92. The van der Waals surface area contributed by atoms with Crippen LogP contribution in [-0.4, -0.2) is 68.4 Å². The van der Waals surface area contributed by atoms with Gasteiger partial charge in [-0.05, 0) is 24.8 Å². The van der Waals surface area contributed by atoms with Crippen LogP contribution in [0.15, 0.2) is 30.3 Å². The molecule has 154 valence electrons. The number of nitrogens with one attached hydrogen (secondary N) is 1. The van der Waals surface area contributed by atoms with Crippen LogP contribution in [0, 0.1) is 0 Å². The molecular formula is C19H31Cl2N3O3. The van der Waals surface area contributed by atoms with Crippen LogP contribution in [0.4, 0.5) is 0 Å². The summed E-state index contributed by atoms with van der Waals surface area (Å²) in [6.07, 6.45) is 2.08. The van der Waals surface area contributed by atoms with E-state index in [0.717, 1.165) is 52.1 Å². The molecule has 3 atom stereocenters. The van der Waals surface area contributed by atoms with Gasteiger partial charge in [0.1, 0.15) is 6.10 Å². The van der Waals surface area contributed by atoms with Gasteiger partial charge in [0.15, 0.2) is 0 Å². The van der Waals surface area contributed by atoms with Crippen LogP contribution in [0.25, 0.3) is 0 Å². The smallest absolute Gasteiger partial charge is 0.249 e. The Kier molecular flexibility index (Phi) is 11.2. The highest BCUT2D eigenvalue weighted by Crippen LogP contribution is 2.19. The molecular weight excluding hydrogens is 389 g/mol. The lowest BCUT2D eigenvalue weighted by atomic mass is 10.0. The highest BCUT2D eigenvalue weighted by Gasteiger charge is 2.31. The third kappa shape index (κ3) is 7.56. The summed E-state index contributed by atoms with van der Waals surface area (Å²) >= 11 is 0. The lowest BCUT2D eigenvalue weighted by Crippen LogP contribution is -2.50. The van der Waals surface area contributed by atoms with Crippen molar-refractivity contribution in [2.75, 3.05) is 39.4 Å². The number of hydrogen-bond acceptors (Lipinski definition) is 5. The molecule has 0 saturated carbocycles. The van der Waals surface area contributed by atoms with Gasteiger partial charge in [-0.15, -0.1) is 24.8 Å². The van der Waals surface area contributed by atoms with Gasteiger partial charge in [-0.1, -0.05) is 30.3 Å². The summed E-state index contributed by atoms with van der Waals surface area (Å²) in [6, 6.07) is 10.4. The van der Waals surface area contributed by atoms with Crippen LogP contribution < -0.4 is 11.1 Å². The zero-order valence-corrected chi connectivity index (χ0v) is 17.2. The number of nitrogens with zero attached hydrogens (tertiary/aromatic N) is 1. The molecule has 2 aliphatic heterocycles. The first-order chi connectivity index (χ1) is 12.2. The van der Waals surface area contributed by atoms with Crippen molar-refractivity contribution in [1.29, 1.82) is 0 Å².